The Kier molecular flexibility index (Phi) is 3.70. The topological polar surface area (TPSA) is 66.4 Å². The fourth-order valence-electron chi connectivity index (χ4n) is 3.74. The maximum atomic E-state index is 12.4. The molecule has 21 heavy (non-hydrogen) atoms. The van der Waals surface area contributed by atoms with Gasteiger partial charge in [0, 0.05) is 5.92 Å². The van der Waals surface area contributed by atoms with E-state index in [4.69, 9.17) is 5.11 Å². The van der Waals surface area contributed by atoms with E-state index >= 15 is 0 Å². The van der Waals surface area contributed by atoms with E-state index in [2.05, 4.69) is 17.4 Å². The molecule has 1 aromatic rings. The van der Waals surface area contributed by atoms with E-state index < -0.39 is 12.0 Å². The molecule has 1 fully saturated rings. The Morgan fingerprint density at radius 2 is 2.14 bits per heavy atom. The second kappa shape index (κ2) is 5.51. The number of aryl methyl sites for hydroxylation is 1. The molecule has 0 spiro atoms. The van der Waals surface area contributed by atoms with Gasteiger partial charge in [-0.1, -0.05) is 37.6 Å². The van der Waals surface area contributed by atoms with E-state index in [-0.39, 0.29) is 11.8 Å². The van der Waals surface area contributed by atoms with Gasteiger partial charge < -0.3 is 10.4 Å². The van der Waals surface area contributed by atoms with E-state index in [9.17, 15) is 9.59 Å². The van der Waals surface area contributed by atoms with Crippen molar-refractivity contribution in [3.05, 3.63) is 35.4 Å². The second-order valence-corrected chi connectivity index (χ2v) is 6.14. The van der Waals surface area contributed by atoms with Crippen molar-refractivity contribution < 1.29 is 14.7 Å². The highest BCUT2D eigenvalue weighted by atomic mass is 16.4. The van der Waals surface area contributed by atoms with Crippen LogP contribution in [0.4, 0.5) is 0 Å². The molecular weight excluding hydrogens is 266 g/mol. The van der Waals surface area contributed by atoms with Gasteiger partial charge in [-0.2, -0.15) is 0 Å². The standard InChI is InChI=1S/C17H21NO3/c1-2-5-13(17(20)21)18-16(19)15-12-9-8-10-6-3-4-7-11(10)14(12)15/h3-4,6-7,12-15H,2,5,8-9H2,1H3,(H,18,19)(H,20,21). The van der Waals surface area contributed by atoms with Crippen LogP contribution in [-0.4, -0.2) is 23.0 Å². The largest absolute Gasteiger partial charge is 0.480 e. The number of benzene rings is 1. The zero-order valence-corrected chi connectivity index (χ0v) is 12.2. The van der Waals surface area contributed by atoms with E-state index in [1.54, 1.807) is 0 Å². The first-order valence-electron chi connectivity index (χ1n) is 7.74. The number of fused-ring (bicyclic) bond motifs is 3. The predicted molar refractivity (Wildman–Crippen MR) is 79.0 cm³/mol. The van der Waals surface area contributed by atoms with Crippen LogP contribution < -0.4 is 5.32 Å². The summed E-state index contributed by atoms with van der Waals surface area (Å²) in [5.74, 6) is -0.355. The molecule has 1 aromatic carbocycles. The fourth-order valence-corrected chi connectivity index (χ4v) is 3.74. The average Bonchev–Trinajstić information content (AvgIpc) is 3.21. The van der Waals surface area contributed by atoms with Gasteiger partial charge in [0.25, 0.3) is 0 Å². The lowest BCUT2D eigenvalue weighted by Crippen LogP contribution is -2.41. The quantitative estimate of drug-likeness (QED) is 0.873. The van der Waals surface area contributed by atoms with Gasteiger partial charge >= 0.3 is 5.97 Å². The van der Waals surface area contributed by atoms with Crippen molar-refractivity contribution in [1.29, 1.82) is 0 Å². The Morgan fingerprint density at radius 1 is 1.38 bits per heavy atom. The summed E-state index contributed by atoms with van der Waals surface area (Å²) in [6.07, 6.45) is 3.29. The molecule has 2 aliphatic carbocycles. The van der Waals surface area contributed by atoms with E-state index in [1.807, 2.05) is 19.1 Å². The molecule has 4 atom stereocenters. The van der Waals surface area contributed by atoms with Crippen molar-refractivity contribution in [2.75, 3.05) is 0 Å². The molecule has 4 nitrogen and oxygen atoms in total. The Hall–Kier alpha value is -1.84. The molecule has 4 heteroatoms. The summed E-state index contributed by atoms with van der Waals surface area (Å²) < 4.78 is 0. The monoisotopic (exact) mass is 287 g/mol. The summed E-state index contributed by atoms with van der Waals surface area (Å²) in [5.41, 5.74) is 2.63. The van der Waals surface area contributed by atoms with Crippen LogP contribution in [0.5, 0.6) is 0 Å². The van der Waals surface area contributed by atoms with Crippen LogP contribution >= 0.6 is 0 Å². The number of nitrogens with one attached hydrogen (secondary N) is 1. The summed E-state index contributed by atoms with van der Waals surface area (Å²) in [7, 11) is 0. The van der Waals surface area contributed by atoms with Crippen LogP contribution in [0.1, 0.15) is 43.2 Å². The van der Waals surface area contributed by atoms with E-state index in [0.717, 1.165) is 19.3 Å². The highest BCUT2D eigenvalue weighted by Crippen LogP contribution is 2.59. The number of carboxylic acids is 1. The molecule has 2 aliphatic rings. The maximum absolute atomic E-state index is 12.4. The Labute approximate surface area is 124 Å². The van der Waals surface area contributed by atoms with Gasteiger partial charge in [0.15, 0.2) is 0 Å². The van der Waals surface area contributed by atoms with Crippen LogP contribution in [-0.2, 0) is 16.0 Å². The first-order chi connectivity index (χ1) is 10.1. The lowest BCUT2D eigenvalue weighted by atomic mass is 9.92. The summed E-state index contributed by atoms with van der Waals surface area (Å²) in [6.45, 7) is 1.93. The number of carboxylic acid groups (broad SMARTS) is 1. The van der Waals surface area contributed by atoms with Crippen molar-refractivity contribution in [2.24, 2.45) is 11.8 Å². The molecule has 0 aromatic heterocycles. The SMILES string of the molecule is CCCC(NC(=O)C1C2CCc3ccccc3C21)C(=O)O. The number of rotatable bonds is 5. The summed E-state index contributed by atoms with van der Waals surface area (Å²) in [6, 6.07) is 7.56. The average molecular weight is 287 g/mol. The van der Waals surface area contributed by atoms with Crippen molar-refractivity contribution in [1.82, 2.24) is 5.32 Å². The number of hydrogen-bond acceptors (Lipinski definition) is 2. The van der Waals surface area contributed by atoms with Crippen LogP contribution in [0, 0.1) is 11.8 Å². The van der Waals surface area contributed by atoms with Crippen molar-refractivity contribution >= 4 is 11.9 Å². The van der Waals surface area contributed by atoms with Crippen LogP contribution in [0.2, 0.25) is 0 Å². The molecule has 0 radical (unpaired) electrons. The molecular formula is C17H21NO3. The first kappa shape index (κ1) is 14.1. The third-order valence-corrected chi connectivity index (χ3v) is 4.82. The number of aliphatic carboxylic acids is 1. The van der Waals surface area contributed by atoms with Crippen molar-refractivity contribution in [2.45, 2.75) is 44.6 Å². The molecule has 112 valence electrons. The van der Waals surface area contributed by atoms with Gasteiger partial charge in [0.05, 0.1) is 0 Å². The fraction of sp³-hybridized carbons (Fsp3) is 0.529. The molecule has 4 unspecified atom stereocenters. The highest BCUT2D eigenvalue weighted by Gasteiger charge is 2.57. The molecule has 1 saturated carbocycles. The van der Waals surface area contributed by atoms with Gasteiger partial charge in [-0.3, -0.25) is 4.79 Å². The van der Waals surface area contributed by atoms with Gasteiger partial charge in [-0.25, -0.2) is 4.79 Å². The molecule has 0 bridgehead atoms. The number of carbonyl (C=O) groups excluding carboxylic acids is 1. The Morgan fingerprint density at radius 3 is 2.86 bits per heavy atom. The zero-order chi connectivity index (χ0) is 15.0. The minimum atomic E-state index is -0.936. The van der Waals surface area contributed by atoms with Gasteiger partial charge in [0.2, 0.25) is 5.91 Å². The van der Waals surface area contributed by atoms with Gasteiger partial charge in [-0.15, -0.1) is 0 Å². The highest BCUT2D eigenvalue weighted by molar-refractivity contribution is 5.88. The smallest absolute Gasteiger partial charge is 0.326 e. The van der Waals surface area contributed by atoms with Gasteiger partial charge in [0.1, 0.15) is 6.04 Å². The number of hydrogen-bond donors (Lipinski definition) is 2. The third-order valence-electron chi connectivity index (χ3n) is 4.82. The van der Waals surface area contributed by atoms with Gasteiger partial charge in [-0.05, 0) is 42.2 Å². The van der Waals surface area contributed by atoms with Crippen molar-refractivity contribution in [3.63, 3.8) is 0 Å². The summed E-state index contributed by atoms with van der Waals surface area (Å²) in [5, 5.41) is 11.9. The molecule has 0 aliphatic heterocycles. The first-order valence-corrected chi connectivity index (χ1v) is 7.74. The summed E-state index contributed by atoms with van der Waals surface area (Å²) >= 11 is 0. The van der Waals surface area contributed by atoms with Crippen LogP contribution in [0.25, 0.3) is 0 Å². The zero-order valence-electron chi connectivity index (χ0n) is 12.2. The molecule has 3 rings (SSSR count). The van der Waals surface area contributed by atoms with Crippen molar-refractivity contribution in [3.8, 4) is 0 Å². The third kappa shape index (κ3) is 2.55. The molecule has 0 heterocycles. The Balaban J connectivity index is 1.70. The van der Waals surface area contributed by atoms with E-state index in [1.165, 1.54) is 11.1 Å². The maximum Gasteiger partial charge on any atom is 0.326 e. The lowest BCUT2D eigenvalue weighted by molar-refractivity contribution is -0.142. The molecule has 2 N–H and O–H groups in total. The predicted octanol–water partition coefficient (Wildman–Crippen LogP) is 2.33. The van der Waals surface area contributed by atoms with E-state index in [0.29, 0.717) is 18.3 Å². The second-order valence-electron chi connectivity index (χ2n) is 6.14. The lowest BCUT2D eigenvalue weighted by Gasteiger charge is -2.14. The van der Waals surface area contributed by atoms with Crippen LogP contribution in [0.15, 0.2) is 24.3 Å². The minimum Gasteiger partial charge on any atom is -0.480 e. The molecule has 0 saturated heterocycles. The molecule has 1 amide bonds. The minimum absolute atomic E-state index is 0.0349. The van der Waals surface area contributed by atoms with Crippen LogP contribution in [0.3, 0.4) is 0 Å². The Bertz CT molecular complexity index is 569. The summed E-state index contributed by atoms with van der Waals surface area (Å²) in [4.78, 5) is 23.6. The number of amides is 1. The normalized spacial score (nSPS) is 27.2. The number of carbonyl (C=O) groups is 2.